The summed E-state index contributed by atoms with van der Waals surface area (Å²) in [6.45, 7) is 0.123. The summed E-state index contributed by atoms with van der Waals surface area (Å²) in [5, 5.41) is 13.6. The Balaban J connectivity index is 2.23. The van der Waals surface area contributed by atoms with Gasteiger partial charge >= 0.3 is 0 Å². The van der Waals surface area contributed by atoms with E-state index < -0.39 is 0 Å². The minimum atomic E-state index is -0.253. The lowest BCUT2D eigenvalue weighted by Crippen LogP contribution is -2.44. The molecule has 1 saturated carbocycles. The number of para-hydroxylation sites is 1. The number of aliphatic hydroxyl groups is 1. The highest BCUT2D eigenvalue weighted by molar-refractivity contribution is 6.33. The zero-order chi connectivity index (χ0) is 12.3. The molecule has 1 aliphatic rings. The Morgan fingerprint density at radius 3 is 2.59 bits per heavy atom. The van der Waals surface area contributed by atoms with Gasteiger partial charge in [0.1, 0.15) is 0 Å². The zero-order valence-electron chi connectivity index (χ0n) is 9.88. The Hall–Kier alpha value is -0.930. The Bertz CT molecular complexity index is 369. The van der Waals surface area contributed by atoms with E-state index in [2.05, 4.69) is 5.32 Å². The number of anilines is 2. The van der Waals surface area contributed by atoms with E-state index >= 15 is 0 Å². The Labute approximate surface area is 107 Å². The smallest absolute Gasteiger partial charge is 0.0768 e. The number of nitrogens with two attached hydrogens (primary N) is 1. The first kappa shape index (κ1) is 12.5. The molecule has 4 N–H and O–H groups in total. The molecule has 0 atom stereocenters. The van der Waals surface area contributed by atoms with E-state index in [1.807, 2.05) is 18.2 Å². The number of benzene rings is 1. The van der Waals surface area contributed by atoms with Gasteiger partial charge in [-0.15, -0.1) is 0 Å². The van der Waals surface area contributed by atoms with Gasteiger partial charge in [-0.3, -0.25) is 0 Å². The van der Waals surface area contributed by atoms with E-state index in [0.29, 0.717) is 10.7 Å². The summed E-state index contributed by atoms with van der Waals surface area (Å²) in [7, 11) is 0. The summed E-state index contributed by atoms with van der Waals surface area (Å²) in [6.07, 6.45) is 5.44. The van der Waals surface area contributed by atoms with E-state index in [1.54, 1.807) is 0 Å². The van der Waals surface area contributed by atoms with Crippen LogP contribution in [-0.2, 0) is 0 Å². The highest BCUT2D eigenvalue weighted by Crippen LogP contribution is 2.36. The SMILES string of the molecule is Nc1cccc(Cl)c1NC1(CO)CCCCC1. The average Bonchev–Trinajstić information content (AvgIpc) is 2.35. The maximum atomic E-state index is 9.64. The number of hydrogen-bond donors (Lipinski definition) is 3. The van der Waals surface area contributed by atoms with Crippen LogP contribution in [0.5, 0.6) is 0 Å². The van der Waals surface area contributed by atoms with Crippen LogP contribution in [0.4, 0.5) is 11.4 Å². The van der Waals surface area contributed by atoms with E-state index in [-0.39, 0.29) is 12.1 Å². The molecule has 0 bridgehead atoms. The van der Waals surface area contributed by atoms with Crippen LogP contribution < -0.4 is 11.1 Å². The van der Waals surface area contributed by atoms with Gasteiger partial charge in [0.2, 0.25) is 0 Å². The molecule has 0 amide bonds. The molecule has 0 aromatic heterocycles. The van der Waals surface area contributed by atoms with Crippen molar-refractivity contribution in [3.05, 3.63) is 23.2 Å². The maximum absolute atomic E-state index is 9.64. The second-order valence-corrected chi connectivity index (χ2v) is 5.24. The van der Waals surface area contributed by atoms with Gasteiger partial charge in [-0.05, 0) is 25.0 Å². The molecule has 94 valence electrons. The molecule has 0 aliphatic heterocycles. The zero-order valence-corrected chi connectivity index (χ0v) is 10.6. The maximum Gasteiger partial charge on any atom is 0.0768 e. The minimum Gasteiger partial charge on any atom is -0.397 e. The number of nitrogens with one attached hydrogen (secondary N) is 1. The Morgan fingerprint density at radius 1 is 1.29 bits per heavy atom. The van der Waals surface area contributed by atoms with Crippen molar-refractivity contribution in [3.63, 3.8) is 0 Å². The van der Waals surface area contributed by atoms with Gasteiger partial charge < -0.3 is 16.2 Å². The predicted molar refractivity (Wildman–Crippen MR) is 72.4 cm³/mol. The molecule has 0 saturated heterocycles. The van der Waals surface area contributed by atoms with Gasteiger partial charge in [-0.1, -0.05) is 36.9 Å². The topological polar surface area (TPSA) is 58.3 Å². The molecule has 0 heterocycles. The van der Waals surface area contributed by atoms with Crippen LogP contribution >= 0.6 is 11.6 Å². The quantitative estimate of drug-likeness (QED) is 0.727. The van der Waals surface area contributed by atoms with Crippen LogP contribution in [0.2, 0.25) is 5.02 Å². The molecule has 2 rings (SSSR count). The van der Waals surface area contributed by atoms with Crippen molar-refractivity contribution in [2.75, 3.05) is 17.7 Å². The van der Waals surface area contributed by atoms with Gasteiger partial charge in [-0.25, -0.2) is 0 Å². The highest BCUT2D eigenvalue weighted by Gasteiger charge is 2.32. The molecule has 0 spiro atoms. The van der Waals surface area contributed by atoms with E-state index in [9.17, 15) is 5.11 Å². The molecule has 1 fully saturated rings. The average molecular weight is 255 g/mol. The monoisotopic (exact) mass is 254 g/mol. The standard InChI is InChI=1S/C13H19ClN2O/c14-10-5-4-6-11(15)12(10)16-13(9-17)7-2-1-3-8-13/h4-6,16-17H,1-3,7-9,15H2. The van der Waals surface area contributed by atoms with Crippen molar-refractivity contribution in [2.45, 2.75) is 37.6 Å². The number of halogens is 1. The third-order valence-electron chi connectivity index (χ3n) is 3.55. The fourth-order valence-corrected chi connectivity index (χ4v) is 2.72. The summed E-state index contributed by atoms with van der Waals surface area (Å²) < 4.78 is 0. The predicted octanol–water partition coefficient (Wildman–Crippen LogP) is 3.03. The van der Waals surface area contributed by atoms with Crippen molar-refractivity contribution in [1.29, 1.82) is 0 Å². The molecular formula is C13H19ClN2O. The molecule has 1 aliphatic carbocycles. The fourth-order valence-electron chi connectivity index (χ4n) is 2.49. The first-order valence-electron chi connectivity index (χ1n) is 6.10. The highest BCUT2D eigenvalue weighted by atomic mass is 35.5. The lowest BCUT2D eigenvalue weighted by Gasteiger charge is -2.38. The normalized spacial score (nSPS) is 18.9. The summed E-state index contributed by atoms with van der Waals surface area (Å²) in [4.78, 5) is 0. The number of hydrogen-bond acceptors (Lipinski definition) is 3. The fraction of sp³-hybridized carbons (Fsp3) is 0.538. The van der Waals surface area contributed by atoms with Gasteiger partial charge in [0, 0.05) is 0 Å². The second kappa shape index (κ2) is 5.15. The van der Waals surface area contributed by atoms with Crippen molar-refractivity contribution < 1.29 is 5.11 Å². The third-order valence-corrected chi connectivity index (χ3v) is 3.86. The van der Waals surface area contributed by atoms with E-state index in [4.69, 9.17) is 17.3 Å². The third kappa shape index (κ3) is 2.67. The number of aliphatic hydroxyl groups excluding tert-OH is 1. The molecule has 3 nitrogen and oxygen atoms in total. The molecule has 17 heavy (non-hydrogen) atoms. The second-order valence-electron chi connectivity index (χ2n) is 4.83. The van der Waals surface area contributed by atoms with Crippen LogP contribution in [-0.4, -0.2) is 17.3 Å². The molecule has 4 heteroatoms. The van der Waals surface area contributed by atoms with Crippen LogP contribution in [0, 0.1) is 0 Å². The first-order chi connectivity index (χ1) is 8.17. The van der Waals surface area contributed by atoms with Crippen LogP contribution in [0.25, 0.3) is 0 Å². The molecule has 0 radical (unpaired) electrons. The van der Waals surface area contributed by atoms with E-state index in [1.165, 1.54) is 6.42 Å². The molecule has 1 aromatic rings. The molecule has 0 unspecified atom stereocenters. The summed E-state index contributed by atoms with van der Waals surface area (Å²) in [5.41, 5.74) is 7.06. The lowest BCUT2D eigenvalue weighted by molar-refractivity contribution is 0.173. The van der Waals surface area contributed by atoms with Crippen LogP contribution in [0.1, 0.15) is 32.1 Å². The number of rotatable bonds is 3. The number of nitrogen functional groups attached to an aromatic ring is 1. The van der Waals surface area contributed by atoms with Gasteiger partial charge in [-0.2, -0.15) is 0 Å². The van der Waals surface area contributed by atoms with Crippen molar-refractivity contribution in [2.24, 2.45) is 0 Å². The van der Waals surface area contributed by atoms with Crippen LogP contribution in [0.15, 0.2) is 18.2 Å². The lowest BCUT2D eigenvalue weighted by atomic mass is 9.82. The largest absolute Gasteiger partial charge is 0.397 e. The summed E-state index contributed by atoms with van der Waals surface area (Å²) >= 11 is 6.14. The molecule has 1 aromatic carbocycles. The van der Waals surface area contributed by atoms with Crippen molar-refractivity contribution in [1.82, 2.24) is 0 Å². The Kier molecular flexibility index (Phi) is 3.79. The van der Waals surface area contributed by atoms with Gasteiger partial charge in [0.25, 0.3) is 0 Å². The summed E-state index contributed by atoms with van der Waals surface area (Å²) in [6, 6.07) is 5.46. The van der Waals surface area contributed by atoms with Crippen molar-refractivity contribution >= 4 is 23.0 Å². The van der Waals surface area contributed by atoms with Gasteiger partial charge in [0.05, 0.1) is 28.5 Å². The van der Waals surface area contributed by atoms with Gasteiger partial charge in [0.15, 0.2) is 0 Å². The van der Waals surface area contributed by atoms with Crippen molar-refractivity contribution in [3.8, 4) is 0 Å². The Morgan fingerprint density at radius 2 is 2.00 bits per heavy atom. The molecular weight excluding hydrogens is 236 g/mol. The summed E-state index contributed by atoms with van der Waals surface area (Å²) in [5.74, 6) is 0. The van der Waals surface area contributed by atoms with E-state index in [0.717, 1.165) is 31.4 Å². The van der Waals surface area contributed by atoms with Crippen LogP contribution in [0.3, 0.4) is 0 Å². The first-order valence-corrected chi connectivity index (χ1v) is 6.48. The minimum absolute atomic E-state index is 0.123.